The topological polar surface area (TPSA) is 26.3 Å². The number of carbonyl (C=O) groups is 1. The molecule has 0 amide bonds. The molecule has 0 atom stereocenters. The molecular formula is C17H17FO2. The zero-order chi connectivity index (χ0) is 14.5. The van der Waals surface area contributed by atoms with Gasteiger partial charge in [-0.1, -0.05) is 30.7 Å². The van der Waals surface area contributed by atoms with Gasteiger partial charge in [0.1, 0.15) is 11.6 Å². The molecule has 104 valence electrons. The summed E-state index contributed by atoms with van der Waals surface area (Å²) in [5.41, 5.74) is 1.38. The summed E-state index contributed by atoms with van der Waals surface area (Å²) in [6.07, 6.45) is 0.894. The lowest BCUT2D eigenvalue weighted by atomic mass is 10.0. The van der Waals surface area contributed by atoms with Crippen molar-refractivity contribution >= 4 is 5.78 Å². The summed E-state index contributed by atoms with van der Waals surface area (Å²) in [5, 5.41) is 0. The molecule has 2 aromatic carbocycles. The maximum Gasteiger partial charge on any atom is 0.196 e. The monoisotopic (exact) mass is 272 g/mol. The Balaban J connectivity index is 2.31. The minimum Gasteiger partial charge on any atom is -0.494 e. The Kier molecular flexibility index (Phi) is 4.51. The molecule has 2 rings (SSSR count). The molecule has 0 aliphatic heterocycles. The molecule has 0 fully saturated rings. The van der Waals surface area contributed by atoms with Gasteiger partial charge in [0.05, 0.1) is 12.2 Å². The van der Waals surface area contributed by atoms with Crippen LogP contribution in [-0.2, 0) is 0 Å². The summed E-state index contributed by atoms with van der Waals surface area (Å²) in [7, 11) is 0. The maximum absolute atomic E-state index is 13.8. The number of ketones is 1. The molecule has 0 aromatic heterocycles. The molecule has 0 unspecified atom stereocenters. The Morgan fingerprint density at radius 3 is 2.75 bits per heavy atom. The summed E-state index contributed by atoms with van der Waals surface area (Å²) in [6, 6.07) is 11.4. The van der Waals surface area contributed by atoms with Crippen molar-refractivity contribution in [2.24, 2.45) is 0 Å². The van der Waals surface area contributed by atoms with Crippen molar-refractivity contribution < 1.29 is 13.9 Å². The van der Waals surface area contributed by atoms with Gasteiger partial charge in [-0.25, -0.2) is 4.39 Å². The third-order valence-corrected chi connectivity index (χ3v) is 2.94. The van der Waals surface area contributed by atoms with Gasteiger partial charge >= 0.3 is 0 Å². The zero-order valence-electron chi connectivity index (χ0n) is 11.7. The third kappa shape index (κ3) is 3.23. The lowest BCUT2D eigenvalue weighted by Crippen LogP contribution is -2.05. The van der Waals surface area contributed by atoms with E-state index < -0.39 is 5.82 Å². The van der Waals surface area contributed by atoms with E-state index in [-0.39, 0.29) is 11.3 Å². The second-order valence-corrected chi connectivity index (χ2v) is 4.69. The largest absolute Gasteiger partial charge is 0.494 e. The number of rotatable bonds is 5. The van der Waals surface area contributed by atoms with Crippen LogP contribution in [0.15, 0.2) is 42.5 Å². The molecule has 2 nitrogen and oxygen atoms in total. The molecule has 0 saturated heterocycles. The summed E-state index contributed by atoms with van der Waals surface area (Å²) >= 11 is 0. The van der Waals surface area contributed by atoms with Crippen molar-refractivity contribution in [3.8, 4) is 5.75 Å². The first-order valence-electron chi connectivity index (χ1n) is 6.65. The Hall–Kier alpha value is -2.16. The number of hydrogen-bond donors (Lipinski definition) is 0. The molecule has 0 aliphatic carbocycles. The Labute approximate surface area is 118 Å². The molecule has 0 heterocycles. The van der Waals surface area contributed by atoms with Crippen molar-refractivity contribution in [1.82, 2.24) is 0 Å². The normalized spacial score (nSPS) is 10.3. The Morgan fingerprint density at radius 1 is 1.20 bits per heavy atom. The summed E-state index contributed by atoms with van der Waals surface area (Å²) in [4.78, 5) is 12.3. The number of hydrogen-bond acceptors (Lipinski definition) is 2. The molecular weight excluding hydrogens is 255 g/mol. The van der Waals surface area contributed by atoms with E-state index in [1.165, 1.54) is 6.07 Å². The molecule has 0 bridgehead atoms. The van der Waals surface area contributed by atoms with E-state index in [1.807, 2.05) is 13.8 Å². The van der Waals surface area contributed by atoms with Crippen LogP contribution in [0.2, 0.25) is 0 Å². The van der Waals surface area contributed by atoms with E-state index in [4.69, 9.17) is 4.74 Å². The van der Waals surface area contributed by atoms with Crippen molar-refractivity contribution in [2.45, 2.75) is 20.3 Å². The Bertz CT molecular complexity index is 620. The molecule has 0 radical (unpaired) electrons. The standard InChI is InChI=1S/C17H17FO2/c1-3-9-20-14-6-4-5-13(11-14)17(19)15-10-12(2)7-8-16(15)18/h4-8,10-11H,3,9H2,1-2H3. The minimum atomic E-state index is -0.500. The van der Waals surface area contributed by atoms with Gasteiger partial charge < -0.3 is 4.74 Å². The average Bonchev–Trinajstić information content (AvgIpc) is 2.47. The molecule has 0 aliphatic rings. The van der Waals surface area contributed by atoms with Crippen LogP contribution in [0, 0.1) is 12.7 Å². The fraction of sp³-hybridized carbons (Fsp3) is 0.235. The number of carbonyl (C=O) groups excluding carboxylic acids is 1. The molecule has 0 N–H and O–H groups in total. The van der Waals surface area contributed by atoms with Crippen LogP contribution in [0.4, 0.5) is 4.39 Å². The first-order valence-corrected chi connectivity index (χ1v) is 6.65. The van der Waals surface area contributed by atoms with Gasteiger partial charge in [-0.3, -0.25) is 4.79 Å². The second-order valence-electron chi connectivity index (χ2n) is 4.69. The summed E-state index contributed by atoms with van der Waals surface area (Å²) in [6.45, 7) is 4.44. The van der Waals surface area contributed by atoms with Gasteiger partial charge in [0, 0.05) is 5.56 Å². The molecule has 2 aromatic rings. The van der Waals surface area contributed by atoms with E-state index >= 15 is 0 Å². The van der Waals surface area contributed by atoms with Crippen LogP contribution in [0.1, 0.15) is 34.8 Å². The lowest BCUT2D eigenvalue weighted by molar-refractivity contribution is 0.103. The fourth-order valence-electron chi connectivity index (χ4n) is 1.92. The first-order chi connectivity index (χ1) is 9.61. The predicted molar refractivity (Wildman–Crippen MR) is 76.8 cm³/mol. The van der Waals surface area contributed by atoms with Gasteiger partial charge in [-0.2, -0.15) is 0 Å². The van der Waals surface area contributed by atoms with Gasteiger partial charge in [0.25, 0.3) is 0 Å². The van der Waals surface area contributed by atoms with E-state index in [1.54, 1.807) is 36.4 Å². The summed E-state index contributed by atoms with van der Waals surface area (Å²) in [5.74, 6) is -0.195. The van der Waals surface area contributed by atoms with Crippen molar-refractivity contribution in [3.63, 3.8) is 0 Å². The quantitative estimate of drug-likeness (QED) is 0.764. The van der Waals surface area contributed by atoms with E-state index in [0.29, 0.717) is 17.9 Å². The van der Waals surface area contributed by atoms with Crippen LogP contribution in [0.5, 0.6) is 5.75 Å². The van der Waals surface area contributed by atoms with Crippen LogP contribution >= 0.6 is 0 Å². The minimum absolute atomic E-state index is 0.0950. The van der Waals surface area contributed by atoms with Crippen LogP contribution < -0.4 is 4.74 Å². The predicted octanol–water partition coefficient (Wildman–Crippen LogP) is 4.15. The van der Waals surface area contributed by atoms with Crippen molar-refractivity contribution in [3.05, 3.63) is 65.0 Å². The maximum atomic E-state index is 13.8. The van der Waals surface area contributed by atoms with Crippen LogP contribution in [-0.4, -0.2) is 12.4 Å². The van der Waals surface area contributed by atoms with Crippen LogP contribution in [0.3, 0.4) is 0 Å². The fourth-order valence-corrected chi connectivity index (χ4v) is 1.92. The SMILES string of the molecule is CCCOc1cccc(C(=O)c2cc(C)ccc2F)c1. The number of halogens is 1. The molecule has 0 spiro atoms. The van der Waals surface area contributed by atoms with Gasteiger partial charge in [-0.15, -0.1) is 0 Å². The summed E-state index contributed by atoms with van der Waals surface area (Å²) < 4.78 is 19.2. The zero-order valence-corrected chi connectivity index (χ0v) is 11.7. The highest BCUT2D eigenvalue weighted by Gasteiger charge is 2.14. The lowest BCUT2D eigenvalue weighted by Gasteiger charge is -2.07. The third-order valence-electron chi connectivity index (χ3n) is 2.94. The number of ether oxygens (including phenoxy) is 1. The van der Waals surface area contributed by atoms with Crippen LogP contribution in [0.25, 0.3) is 0 Å². The molecule has 20 heavy (non-hydrogen) atoms. The highest BCUT2D eigenvalue weighted by molar-refractivity contribution is 6.09. The smallest absolute Gasteiger partial charge is 0.196 e. The molecule has 0 saturated carbocycles. The first kappa shape index (κ1) is 14.3. The van der Waals surface area contributed by atoms with Gasteiger partial charge in [-0.05, 0) is 37.6 Å². The molecule has 3 heteroatoms. The van der Waals surface area contributed by atoms with E-state index in [2.05, 4.69) is 0 Å². The van der Waals surface area contributed by atoms with Gasteiger partial charge in [0.15, 0.2) is 5.78 Å². The number of aryl methyl sites for hydroxylation is 1. The van der Waals surface area contributed by atoms with E-state index in [0.717, 1.165) is 12.0 Å². The van der Waals surface area contributed by atoms with Crippen molar-refractivity contribution in [1.29, 1.82) is 0 Å². The van der Waals surface area contributed by atoms with Gasteiger partial charge in [0.2, 0.25) is 0 Å². The highest BCUT2D eigenvalue weighted by Crippen LogP contribution is 2.19. The number of benzene rings is 2. The highest BCUT2D eigenvalue weighted by atomic mass is 19.1. The average molecular weight is 272 g/mol. The van der Waals surface area contributed by atoms with E-state index in [9.17, 15) is 9.18 Å². The Morgan fingerprint density at radius 2 is 2.00 bits per heavy atom. The van der Waals surface area contributed by atoms with Crippen molar-refractivity contribution in [2.75, 3.05) is 6.61 Å². The second kappa shape index (κ2) is 6.33.